The van der Waals surface area contributed by atoms with Gasteiger partial charge in [0.15, 0.2) is 0 Å². The molecule has 0 spiro atoms. The van der Waals surface area contributed by atoms with Gasteiger partial charge in [-0.05, 0) is 35.4 Å². The highest BCUT2D eigenvalue weighted by atomic mass is 19.4. The molecule has 0 unspecified atom stereocenters. The number of carboxylic acids is 4. The molecule has 0 aliphatic carbocycles. The predicted octanol–water partition coefficient (Wildman–Crippen LogP) is 4.38. The number of rotatable bonds is 6. The molecule has 0 aromatic heterocycles. The molecule has 14 heteroatoms. The zero-order chi connectivity index (χ0) is 25.5. The maximum absolute atomic E-state index is 14.2. The molecule has 0 atom stereocenters. The lowest BCUT2D eigenvalue weighted by atomic mass is 9.71. The molecule has 8 nitrogen and oxygen atoms in total. The van der Waals surface area contributed by atoms with Gasteiger partial charge < -0.3 is 20.4 Å². The van der Waals surface area contributed by atoms with Crippen LogP contribution in [0.25, 0.3) is 0 Å². The van der Waals surface area contributed by atoms with E-state index in [1.807, 2.05) is 0 Å². The molecule has 0 saturated heterocycles. The molecule has 0 heterocycles. The molecule has 0 radical (unpaired) electrons. The summed E-state index contributed by atoms with van der Waals surface area (Å²) in [6.45, 7) is 0. The number of aromatic carboxylic acids is 4. The van der Waals surface area contributed by atoms with Crippen molar-refractivity contribution in [2.75, 3.05) is 0 Å². The molecule has 0 saturated carbocycles. The second-order valence-corrected chi connectivity index (χ2v) is 6.49. The number of hydrogen-bond acceptors (Lipinski definition) is 4. The van der Waals surface area contributed by atoms with Crippen LogP contribution in [-0.4, -0.2) is 56.7 Å². The van der Waals surface area contributed by atoms with E-state index in [-0.39, 0.29) is 39.3 Å². The van der Waals surface area contributed by atoms with E-state index in [2.05, 4.69) is 0 Å². The van der Waals surface area contributed by atoms with Gasteiger partial charge in [0.1, 0.15) is 0 Å². The number of alkyl halides is 6. The van der Waals surface area contributed by atoms with Crippen molar-refractivity contribution < 1.29 is 68.8 Å². The smallest absolute Gasteiger partial charge is 0.411 e. The van der Waals surface area contributed by atoms with E-state index < -0.39 is 75.0 Å². The Morgan fingerprint density at radius 1 is 0.545 bits per heavy atom. The molecular weight excluding hydrogens is 470 g/mol. The molecule has 180 valence electrons. The number of carbonyl (C=O) groups is 4. The van der Waals surface area contributed by atoms with Crippen LogP contribution in [-0.2, 0) is 5.41 Å². The monoisotopic (exact) mass is 484 g/mol. The Morgan fingerprint density at radius 3 is 1.03 bits per heavy atom. The van der Waals surface area contributed by atoms with Crippen molar-refractivity contribution in [2.45, 2.75) is 17.8 Å². The van der Waals surface area contributed by atoms with Gasteiger partial charge in [0, 0.05) is 2.85 Å². The van der Waals surface area contributed by atoms with Crippen molar-refractivity contribution in [1.82, 2.24) is 0 Å². The van der Waals surface area contributed by atoms with Gasteiger partial charge >= 0.3 is 36.2 Å². The van der Waals surface area contributed by atoms with E-state index in [0.29, 0.717) is 0 Å². The molecule has 2 aromatic rings. The summed E-state index contributed by atoms with van der Waals surface area (Å²) in [5, 5.41) is 36.2. The van der Waals surface area contributed by atoms with Crippen molar-refractivity contribution in [1.29, 1.82) is 0 Å². The van der Waals surface area contributed by atoms with E-state index in [1.54, 1.807) is 0 Å². The SMILES string of the molecule is O=C(O)c1ccc(C(c2ccc(C(=O)O)c(C(=O)O)c2)(C(F)(F)F)C(F)(F)F)cc1C(=O)O.[HH].[HH]. The van der Waals surface area contributed by atoms with Gasteiger partial charge in [-0.15, -0.1) is 0 Å². The van der Waals surface area contributed by atoms with Gasteiger partial charge in [-0.3, -0.25) is 0 Å². The Labute approximate surface area is 181 Å². The van der Waals surface area contributed by atoms with Crippen LogP contribution in [0.1, 0.15) is 55.4 Å². The van der Waals surface area contributed by atoms with Gasteiger partial charge in [-0.1, -0.05) is 12.1 Å². The Balaban J connectivity index is 0.00000578. The highest BCUT2D eigenvalue weighted by Gasteiger charge is 2.72. The first-order valence-electron chi connectivity index (χ1n) is 8.32. The number of carboxylic acid groups (broad SMARTS) is 4. The van der Waals surface area contributed by atoms with E-state index >= 15 is 0 Å². The first-order chi connectivity index (χ1) is 15.0. The third kappa shape index (κ3) is 4.06. The zero-order valence-electron chi connectivity index (χ0n) is 15.7. The minimum absolute atomic E-state index is 0. The Kier molecular flexibility index (Phi) is 6.18. The quantitative estimate of drug-likeness (QED) is 0.442. The molecule has 0 fully saturated rings. The molecule has 33 heavy (non-hydrogen) atoms. The molecular formula is C19H14F6O8. The Bertz CT molecular complexity index is 1090. The maximum Gasteiger partial charge on any atom is 0.411 e. The first-order valence-corrected chi connectivity index (χ1v) is 8.32. The van der Waals surface area contributed by atoms with Crippen molar-refractivity contribution >= 4 is 23.9 Å². The average Bonchev–Trinajstić information content (AvgIpc) is 2.65. The van der Waals surface area contributed by atoms with Crippen LogP contribution in [0.15, 0.2) is 36.4 Å². The lowest BCUT2D eigenvalue weighted by Gasteiger charge is -2.38. The lowest BCUT2D eigenvalue weighted by molar-refractivity contribution is -0.288. The summed E-state index contributed by atoms with van der Waals surface area (Å²) in [4.78, 5) is 45.0. The van der Waals surface area contributed by atoms with Gasteiger partial charge in [0.2, 0.25) is 5.41 Å². The average molecular weight is 484 g/mol. The van der Waals surface area contributed by atoms with Crippen LogP contribution in [0.2, 0.25) is 0 Å². The van der Waals surface area contributed by atoms with E-state index in [9.17, 15) is 45.5 Å². The predicted molar refractivity (Wildman–Crippen MR) is 97.8 cm³/mol. The maximum atomic E-state index is 14.2. The molecule has 2 rings (SSSR count). The van der Waals surface area contributed by atoms with E-state index in [1.165, 1.54) is 0 Å². The van der Waals surface area contributed by atoms with Crippen molar-refractivity contribution in [3.63, 3.8) is 0 Å². The summed E-state index contributed by atoms with van der Waals surface area (Å²) in [7, 11) is 0. The zero-order valence-corrected chi connectivity index (χ0v) is 15.7. The van der Waals surface area contributed by atoms with Crippen LogP contribution in [0.3, 0.4) is 0 Å². The van der Waals surface area contributed by atoms with Crippen molar-refractivity contribution in [3.05, 3.63) is 69.8 Å². The summed E-state index contributed by atoms with van der Waals surface area (Å²) in [5.74, 6) is -8.16. The van der Waals surface area contributed by atoms with Crippen LogP contribution in [0.5, 0.6) is 0 Å². The van der Waals surface area contributed by atoms with Crippen LogP contribution < -0.4 is 0 Å². The summed E-state index contributed by atoms with van der Waals surface area (Å²) >= 11 is 0. The van der Waals surface area contributed by atoms with E-state index in [4.69, 9.17) is 20.4 Å². The molecule has 0 aliphatic rings. The molecule has 0 amide bonds. The third-order valence-corrected chi connectivity index (χ3v) is 4.68. The molecule has 0 bridgehead atoms. The second kappa shape index (κ2) is 8.11. The fourth-order valence-electron chi connectivity index (χ4n) is 3.26. The molecule has 2 aromatic carbocycles. The normalized spacial score (nSPS) is 12.3. The summed E-state index contributed by atoms with van der Waals surface area (Å²) in [6.07, 6.45) is -12.5. The molecule has 0 aliphatic heterocycles. The number of hydrogen-bond donors (Lipinski definition) is 4. The van der Waals surface area contributed by atoms with Gasteiger partial charge in [0.25, 0.3) is 0 Å². The minimum Gasteiger partial charge on any atom is -0.478 e. The summed E-state index contributed by atoms with van der Waals surface area (Å²) < 4.78 is 85.1. The highest BCUT2D eigenvalue weighted by molar-refractivity contribution is 6.02. The van der Waals surface area contributed by atoms with Crippen LogP contribution in [0.4, 0.5) is 26.3 Å². The fourth-order valence-corrected chi connectivity index (χ4v) is 3.26. The van der Waals surface area contributed by atoms with Crippen LogP contribution in [0, 0.1) is 0 Å². The molecule has 4 N–H and O–H groups in total. The second-order valence-electron chi connectivity index (χ2n) is 6.49. The van der Waals surface area contributed by atoms with Gasteiger partial charge in [-0.25, -0.2) is 19.2 Å². The number of benzene rings is 2. The van der Waals surface area contributed by atoms with Crippen molar-refractivity contribution in [2.24, 2.45) is 0 Å². The van der Waals surface area contributed by atoms with E-state index in [0.717, 1.165) is 0 Å². The standard InChI is InChI=1S/C19H10F6O8.2H2/c20-18(21,22)17(19(23,24)25,7-1-3-9(13(26)27)11(5-7)15(30)31)8-2-4-10(14(28)29)12(6-8)16(32)33;;/h1-6H,(H,26,27)(H,28,29)(H,30,31)(H,32,33);2*1H. The summed E-state index contributed by atoms with van der Waals surface area (Å²) in [6, 6.07) is 0.412. The largest absolute Gasteiger partial charge is 0.478 e. The Morgan fingerprint density at radius 2 is 0.818 bits per heavy atom. The fraction of sp³-hybridized carbons (Fsp3) is 0.158. The highest BCUT2D eigenvalue weighted by Crippen LogP contribution is 2.56. The summed E-state index contributed by atoms with van der Waals surface area (Å²) in [5.41, 5.74) is -13.6. The number of halogens is 6. The van der Waals surface area contributed by atoms with Crippen molar-refractivity contribution in [3.8, 4) is 0 Å². The third-order valence-electron chi connectivity index (χ3n) is 4.68. The van der Waals surface area contributed by atoms with Gasteiger partial charge in [-0.2, -0.15) is 26.3 Å². The first kappa shape index (κ1) is 25.2. The van der Waals surface area contributed by atoms with Crippen LogP contribution >= 0.6 is 0 Å². The Hall–Kier alpha value is -4.10. The van der Waals surface area contributed by atoms with Gasteiger partial charge in [0.05, 0.1) is 22.3 Å². The lowest BCUT2D eigenvalue weighted by Crippen LogP contribution is -2.55. The topological polar surface area (TPSA) is 149 Å². The minimum atomic E-state index is -6.27.